The van der Waals surface area contributed by atoms with Gasteiger partial charge in [-0.1, -0.05) is 33.6 Å². The van der Waals surface area contributed by atoms with Crippen molar-refractivity contribution in [1.82, 2.24) is 0 Å². The van der Waals surface area contributed by atoms with E-state index in [0.29, 0.717) is 6.42 Å². The first-order valence-corrected chi connectivity index (χ1v) is 10.3. The lowest BCUT2D eigenvalue weighted by Crippen LogP contribution is -2.50. The van der Waals surface area contributed by atoms with E-state index in [1.54, 1.807) is 6.92 Å². The highest BCUT2D eigenvalue weighted by Crippen LogP contribution is 2.58. The molecule has 0 spiro atoms. The molecule has 0 aliphatic heterocycles. The third-order valence-corrected chi connectivity index (χ3v) is 6.12. The molecule has 0 radical (unpaired) electrons. The van der Waals surface area contributed by atoms with Gasteiger partial charge in [0.2, 0.25) is 0 Å². The highest BCUT2D eigenvalue weighted by molar-refractivity contribution is 7.54. The number of hydrogen-bond donors (Lipinski definition) is 3. The van der Waals surface area contributed by atoms with Crippen molar-refractivity contribution in [3.63, 3.8) is 0 Å². The SMILES string of the molecule is CCCCC(O)COC(=O)C(CC)C(CC)(C(=O)OCC)P(=O)(O)O. The Hall–Kier alpha value is -0.950. The fourth-order valence-corrected chi connectivity index (χ4v) is 4.23. The Labute approximate surface area is 149 Å². The average molecular weight is 382 g/mol. The number of rotatable bonds is 12. The van der Waals surface area contributed by atoms with Gasteiger partial charge in [0.05, 0.1) is 18.6 Å². The van der Waals surface area contributed by atoms with Crippen LogP contribution in [0.25, 0.3) is 0 Å². The smallest absolute Gasteiger partial charge is 0.343 e. The van der Waals surface area contributed by atoms with Crippen molar-refractivity contribution in [3.8, 4) is 0 Å². The predicted octanol–water partition coefficient (Wildman–Crippen LogP) is 2.00. The van der Waals surface area contributed by atoms with E-state index >= 15 is 0 Å². The van der Waals surface area contributed by atoms with Gasteiger partial charge in [0.25, 0.3) is 0 Å². The quantitative estimate of drug-likeness (QED) is 0.345. The number of carbonyl (C=O) groups is 2. The molecule has 0 aromatic carbocycles. The van der Waals surface area contributed by atoms with Crippen LogP contribution in [0.2, 0.25) is 0 Å². The van der Waals surface area contributed by atoms with Crippen molar-refractivity contribution in [2.24, 2.45) is 5.92 Å². The molecule has 0 aromatic heterocycles. The molecule has 0 fully saturated rings. The Morgan fingerprint density at radius 1 is 1.12 bits per heavy atom. The van der Waals surface area contributed by atoms with Crippen molar-refractivity contribution in [1.29, 1.82) is 0 Å². The van der Waals surface area contributed by atoms with Gasteiger partial charge in [-0.05, 0) is 26.2 Å². The summed E-state index contributed by atoms with van der Waals surface area (Å²) in [5.74, 6) is -3.40. The minimum atomic E-state index is -5.02. The molecular weight excluding hydrogens is 351 g/mol. The maximum absolute atomic E-state index is 12.4. The molecule has 3 atom stereocenters. The summed E-state index contributed by atoms with van der Waals surface area (Å²) < 4.78 is 22.0. The van der Waals surface area contributed by atoms with Crippen LogP contribution in [0.15, 0.2) is 0 Å². The molecule has 0 heterocycles. The van der Waals surface area contributed by atoms with E-state index in [9.17, 15) is 29.0 Å². The topological polar surface area (TPSA) is 130 Å². The van der Waals surface area contributed by atoms with Crippen LogP contribution in [0.4, 0.5) is 0 Å². The van der Waals surface area contributed by atoms with Crippen LogP contribution in [0, 0.1) is 5.92 Å². The van der Waals surface area contributed by atoms with Crippen molar-refractivity contribution in [3.05, 3.63) is 0 Å². The minimum Gasteiger partial charge on any atom is -0.465 e. The van der Waals surface area contributed by atoms with Crippen LogP contribution in [0.1, 0.15) is 59.8 Å². The summed E-state index contributed by atoms with van der Waals surface area (Å²) in [4.78, 5) is 44.4. The highest BCUT2D eigenvalue weighted by atomic mass is 31.2. The molecule has 3 N–H and O–H groups in total. The molecule has 0 saturated heterocycles. The molecule has 148 valence electrons. The van der Waals surface area contributed by atoms with Gasteiger partial charge in [0, 0.05) is 0 Å². The molecule has 0 aliphatic rings. The first-order valence-electron chi connectivity index (χ1n) is 8.69. The van der Waals surface area contributed by atoms with Gasteiger partial charge < -0.3 is 24.4 Å². The summed E-state index contributed by atoms with van der Waals surface area (Å²) in [5, 5.41) is 7.49. The maximum atomic E-state index is 12.4. The Bertz CT molecular complexity index is 475. The molecule has 0 aromatic rings. The molecule has 0 saturated carbocycles. The molecule has 0 bridgehead atoms. The number of aliphatic hydroxyl groups excluding tert-OH is 1. The van der Waals surface area contributed by atoms with E-state index < -0.39 is 36.7 Å². The predicted molar refractivity (Wildman–Crippen MR) is 92.0 cm³/mol. The lowest BCUT2D eigenvalue weighted by molar-refractivity contribution is -0.161. The summed E-state index contributed by atoms with van der Waals surface area (Å²) in [5.41, 5.74) is 0. The van der Waals surface area contributed by atoms with Gasteiger partial charge in [-0.15, -0.1) is 0 Å². The van der Waals surface area contributed by atoms with E-state index in [1.807, 2.05) is 6.92 Å². The Balaban J connectivity index is 5.47. The van der Waals surface area contributed by atoms with E-state index in [1.165, 1.54) is 13.8 Å². The third kappa shape index (κ3) is 6.06. The number of hydrogen-bond acceptors (Lipinski definition) is 6. The van der Waals surface area contributed by atoms with Gasteiger partial charge in [0.15, 0.2) is 5.16 Å². The number of unbranched alkanes of at least 4 members (excludes halogenated alkanes) is 1. The van der Waals surface area contributed by atoms with Crippen molar-refractivity contribution in [2.45, 2.75) is 71.1 Å². The van der Waals surface area contributed by atoms with Crippen LogP contribution < -0.4 is 0 Å². The molecule has 25 heavy (non-hydrogen) atoms. The number of aliphatic hydroxyl groups is 1. The number of ether oxygens (including phenoxy) is 2. The second kappa shape index (κ2) is 10.9. The second-order valence-electron chi connectivity index (χ2n) is 5.93. The molecule has 0 rings (SSSR count). The summed E-state index contributed by atoms with van der Waals surface area (Å²) >= 11 is 0. The van der Waals surface area contributed by atoms with E-state index in [4.69, 9.17) is 9.47 Å². The molecule has 8 nitrogen and oxygen atoms in total. The standard InChI is InChI=1S/C16H31O8P/c1-5-9-10-12(17)11-24-14(18)13(6-2)16(7-3,25(20,21)22)15(19)23-8-4/h12-13,17H,5-11H2,1-4H3,(H2,20,21,22). The zero-order chi connectivity index (χ0) is 19.7. The van der Waals surface area contributed by atoms with Crippen LogP contribution in [-0.4, -0.2) is 51.3 Å². The van der Waals surface area contributed by atoms with Gasteiger partial charge in [0.1, 0.15) is 6.61 Å². The fourth-order valence-electron chi connectivity index (χ4n) is 2.82. The summed E-state index contributed by atoms with van der Waals surface area (Å²) in [7, 11) is -5.02. The van der Waals surface area contributed by atoms with E-state index in [2.05, 4.69) is 0 Å². The molecule has 9 heteroatoms. The minimum absolute atomic E-state index is 0.0122. The molecular formula is C16H31O8P. The maximum Gasteiger partial charge on any atom is 0.343 e. The largest absolute Gasteiger partial charge is 0.465 e. The van der Waals surface area contributed by atoms with Gasteiger partial charge in [-0.25, -0.2) is 0 Å². The van der Waals surface area contributed by atoms with Gasteiger partial charge >= 0.3 is 19.5 Å². The number of carbonyl (C=O) groups excluding carboxylic acids is 2. The normalized spacial score (nSPS) is 16.6. The van der Waals surface area contributed by atoms with Crippen LogP contribution in [-0.2, 0) is 23.6 Å². The summed E-state index contributed by atoms with van der Waals surface area (Å²) in [6.07, 6.45) is 0.956. The van der Waals surface area contributed by atoms with Crippen molar-refractivity contribution >= 4 is 19.5 Å². The molecule has 0 aliphatic carbocycles. The van der Waals surface area contributed by atoms with E-state index in [0.717, 1.165) is 12.8 Å². The molecule has 0 amide bonds. The van der Waals surface area contributed by atoms with E-state index in [-0.39, 0.29) is 26.1 Å². The second-order valence-corrected chi connectivity index (χ2v) is 7.82. The van der Waals surface area contributed by atoms with Gasteiger partial charge in [-0.3, -0.25) is 14.2 Å². The Kier molecular flexibility index (Phi) is 10.5. The lowest BCUT2D eigenvalue weighted by Gasteiger charge is -2.36. The third-order valence-electron chi connectivity index (χ3n) is 4.27. The first kappa shape index (κ1) is 24.1. The average Bonchev–Trinajstić information content (AvgIpc) is 2.54. The monoisotopic (exact) mass is 382 g/mol. The van der Waals surface area contributed by atoms with Crippen LogP contribution in [0.5, 0.6) is 0 Å². The molecule has 3 unspecified atom stereocenters. The van der Waals surface area contributed by atoms with Crippen molar-refractivity contribution in [2.75, 3.05) is 13.2 Å². The Morgan fingerprint density at radius 3 is 2.12 bits per heavy atom. The summed E-state index contributed by atoms with van der Waals surface area (Å²) in [6, 6.07) is 0. The van der Waals surface area contributed by atoms with Gasteiger partial charge in [-0.2, -0.15) is 0 Å². The fraction of sp³-hybridized carbons (Fsp3) is 0.875. The Morgan fingerprint density at radius 2 is 1.72 bits per heavy atom. The van der Waals surface area contributed by atoms with Crippen molar-refractivity contribution < 1.29 is 38.5 Å². The summed E-state index contributed by atoms with van der Waals surface area (Å²) in [6.45, 7) is 6.09. The lowest BCUT2D eigenvalue weighted by atomic mass is 9.86. The first-order chi connectivity index (χ1) is 11.6. The zero-order valence-corrected chi connectivity index (χ0v) is 16.3. The zero-order valence-electron chi connectivity index (χ0n) is 15.4. The van der Waals surface area contributed by atoms with Crippen LogP contribution >= 0.6 is 7.60 Å². The number of esters is 2. The van der Waals surface area contributed by atoms with Crippen LogP contribution in [0.3, 0.4) is 0 Å². The highest BCUT2D eigenvalue weighted by Gasteiger charge is 2.61.